The van der Waals surface area contributed by atoms with Gasteiger partial charge in [0.2, 0.25) is 0 Å². The monoisotopic (exact) mass is 319 g/mol. The molecule has 23 heavy (non-hydrogen) atoms. The Morgan fingerprint density at radius 1 is 1.35 bits per heavy atom. The first-order valence-corrected chi connectivity index (χ1v) is 7.95. The van der Waals surface area contributed by atoms with Crippen LogP contribution >= 0.6 is 0 Å². The van der Waals surface area contributed by atoms with Gasteiger partial charge in [-0.2, -0.15) is 0 Å². The quantitative estimate of drug-likeness (QED) is 0.835. The smallest absolute Gasteiger partial charge is 0.328 e. The van der Waals surface area contributed by atoms with Crippen molar-refractivity contribution in [3.8, 4) is 5.75 Å². The molecule has 0 unspecified atom stereocenters. The van der Waals surface area contributed by atoms with Crippen LogP contribution in [0.25, 0.3) is 0 Å². The average Bonchev–Trinajstić information content (AvgIpc) is 2.47. The molecule has 0 radical (unpaired) electrons. The summed E-state index contributed by atoms with van der Waals surface area (Å²) in [5.41, 5.74) is 0.766. The van der Waals surface area contributed by atoms with E-state index in [0.717, 1.165) is 5.56 Å². The van der Waals surface area contributed by atoms with Crippen molar-refractivity contribution in [1.29, 1.82) is 5.41 Å². The topological polar surface area (TPSA) is 74.7 Å². The number of carbonyl (C=O) groups excluding carboxylic acids is 1. The number of hydrogen-bond donors (Lipinski definition) is 2. The molecule has 0 atom stereocenters. The van der Waals surface area contributed by atoms with Crippen molar-refractivity contribution in [3.05, 3.63) is 23.8 Å². The number of nitrogens with one attached hydrogen (secondary N) is 2. The molecule has 2 aliphatic heterocycles. The number of fused-ring (bicyclic) bond motifs is 1. The van der Waals surface area contributed by atoms with Gasteiger partial charge in [-0.05, 0) is 38.5 Å². The molecule has 0 bridgehead atoms. The van der Waals surface area contributed by atoms with Gasteiger partial charge in [0, 0.05) is 0 Å². The van der Waals surface area contributed by atoms with E-state index in [1.165, 1.54) is 4.90 Å². The fraction of sp³-hybridized carbons (Fsp3) is 0.529. The zero-order chi connectivity index (χ0) is 17.2. The van der Waals surface area contributed by atoms with E-state index in [9.17, 15) is 4.79 Å². The summed E-state index contributed by atoms with van der Waals surface area (Å²) in [5.74, 6) is 0.736. The number of carbonyl (C=O) groups is 1. The van der Waals surface area contributed by atoms with Crippen LogP contribution in [0.15, 0.2) is 18.2 Å². The van der Waals surface area contributed by atoms with Gasteiger partial charge in [-0.3, -0.25) is 5.41 Å². The maximum absolute atomic E-state index is 12.5. The van der Waals surface area contributed by atoms with Gasteiger partial charge in [0.1, 0.15) is 5.75 Å². The number of anilines is 1. The molecule has 0 saturated carbocycles. The Bertz CT molecular complexity index is 609. The second-order valence-corrected chi connectivity index (χ2v) is 5.95. The minimum Gasteiger partial charge on any atom is -0.478 e. The molecule has 126 valence electrons. The van der Waals surface area contributed by atoms with E-state index in [2.05, 4.69) is 5.32 Å². The number of hydrogen-bond acceptors (Lipinski definition) is 4. The summed E-state index contributed by atoms with van der Waals surface area (Å²) in [5, 5.41) is 11.2. The Labute approximate surface area is 137 Å². The van der Waals surface area contributed by atoms with Crippen LogP contribution in [0, 0.1) is 12.3 Å². The summed E-state index contributed by atoms with van der Waals surface area (Å²) in [7, 11) is 0. The highest BCUT2D eigenvalue weighted by molar-refractivity contribution is 6.20. The normalized spacial score (nSPS) is 18.8. The van der Waals surface area contributed by atoms with Gasteiger partial charge in [0.05, 0.1) is 24.9 Å². The molecule has 3 rings (SSSR count). The fourth-order valence-corrected chi connectivity index (χ4v) is 2.37. The van der Waals surface area contributed by atoms with Crippen LogP contribution in [0.2, 0.25) is 0 Å². The zero-order valence-electron chi connectivity index (χ0n) is 14.4. The van der Waals surface area contributed by atoms with Crippen LogP contribution in [0.4, 0.5) is 10.5 Å². The Morgan fingerprint density at radius 3 is 2.57 bits per heavy atom. The van der Waals surface area contributed by atoms with E-state index < -0.39 is 5.60 Å². The lowest BCUT2D eigenvalue weighted by Gasteiger charge is -2.41. The third-order valence-electron chi connectivity index (χ3n) is 3.68. The lowest BCUT2D eigenvalue weighted by molar-refractivity contribution is 0.000448. The number of amides is 2. The Hall–Kier alpha value is -2.08. The largest absolute Gasteiger partial charge is 0.478 e. The van der Waals surface area contributed by atoms with Gasteiger partial charge < -0.3 is 14.8 Å². The number of aryl methyl sites for hydroxylation is 1. The summed E-state index contributed by atoms with van der Waals surface area (Å²) >= 11 is 0. The minimum absolute atomic E-state index is 0.0181. The van der Waals surface area contributed by atoms with Gasteiger partial charge in [-0.15, -0.1) is 0 Å². The summed E-state index contributed by atoms with van der Waals surface area (Å²) in [6, 6.07) is 5.34. The predicted molar refractivity (Wildman–Crippen MR) is 90.6 cm³/mol. The fourth-order valence-electron chi connectivity index (χ4n) is 2.37. The number of ether oxygens (including phenoxy) is 2. The molecule has 0 aliphatic carbocycles. The van der Waals surface area contributed by atoms with Gasteiger partial charge in [0.15, 0.2) is 11.4 Å². The van der Waals surface area contributed by atoms with Gasteiger partial charge in [-0.25, -0.2) is 9.69 Å². The van der Waals surface area contributed by atoms with Crippen molar-refractivity contribution in [2.24, 2.45) is 0 Å². The van der Waals surface area contributed by atoms with Crippen molar-refractivity contribution in [1.82, 2.24) is 5.32 Å². The molecule has 2 heterocycles. The molecule has 0 aromatic heterocycles. The number of amidine groups is 1. The summed E-state index contributed by atoms with van der Waals surface area (Å²) in [6.45, 7) is 10.6. The minimum atomic E-state index is -0.851. The molecule has 1 aromatic rings. The molecular formula is C17H25N3O3. The van der Waals surface area contributed by atoms with Gasteiger partial charge in [0.25, 0.3) is 0 Å². The first-order chi connectivity index (χ1) is 10.9. The number of nitrogens with zero attached hydrogens (tertiary/aromatic N) is 1. The molecule has 1 saturated heterocycles. The van der Waals surface area contributed by atoms with Crippen LogP contribution in [-0.2, 0) is 4.74 Å². The Morgan fingerprint density at radius 2 is 2.00 bits per heavy atom. The summed E-state index contributed by atoms with van der Waals surface area (Å²) < 4.78 is 10.9. The third kappa shape index (κ3) is 3.32. The van der Waals surface area contributed by atoms with E-state index in [1.807, 2.05) is 39.0 Å². The first-order valence-electron chi connectivity index (χ1n) is 7.95. The molecular weight excluding hydrogens is 294 g/mol. The molecule has 6 nitrogen and oxygen atoms in total. The zero-order valence-corrected chi connectivity index (χ0v) is 14.4. The average molecular weight is 319 g/mol. The highest BCUT2D eigenvalue weighted by Gasteiger charge is 2.41. The van der Waals surface area contributed by atoms with E-state index in [1.54, 1.807) is 13.8 Å². The summed E-state index contributed by atoms with van der Waals surface area (Å²) in [4.78, 5) is 13.9. The number of rotatable bonds is 1. The lowest BCUT2D eigenvalue weighted by Crippen LogP contribution is -2.60. The van der Waals surface area contributed by atoms with Crippen LogP contribution in [0.3, 0.4) is 0 Å². The van der Waals surface area contributed by atoms with Crippen molar-refractivity contribution >= 4 is 17.6 Å². The SMILES string of the molecule is CC.Cc1ccc2c(c1)N(C(=O)NC1COC1)C(=N)C(C)(C)O2. The molecule has 2 amide bonds. The second-order valence-electron chi connectivity index (χ2n) is 5.95. The number of benzene rings is 1. The predicted octanol–water partition coefficient (Wildman–Crippen LogP) is 3.08. The van der Waals surface area contributed by atoms with E-state index in [4.69, 9.17) is 14.9 Å². The Balaban J connectivity index is 0.000000924. The molecule has 1 aromatic carbocycles. The highest BCUT2D eigenvalue weighted by Crippen LogP contribution is 2.38. The van der Waals surface area contributed by atoms with E-state index in [0.29, 0.717) is 24.7 Å². The molecule has 0 spiro atoms. The second kappa shape index (κ2) is 6.58. The molecule has 1 fully saturated rings. The maximum Gasteiger partial charge on any atom is 0.328 e. The van der Waals surface area contributed by atoms with Gasteiger partial charge in [-0.1, -0.05) is 19.9 Å². The van der Waals surface area contributed by atoms with Crippen molar-refractivity contribution in [2.75, 3.05) is 18.1 Å². The van der Waals surface area contributed by atoms with Crippen LogP contribution in [0.5, 0.6) is 5.75 Å². The number of urea groups is 1. The van der Waals surface area contributed by atoms with Crippen molar-refractivity contribution in [3.63, 3.8) is 0 Å². The van der Waals surface area contributed by atoms with E-state index >= 15 is 0 Å². The van der Waals surface area contributed by atoms with Crippen LogP contribution < -0.4 is 15.0 Å². The third-order valence-corrected chi connectivity index (χ3v) is 3.68. The first kappa shape index (κ1) is 17.3. The van der Waals surface area contributed by atoms with E-state index in [-0.39, 0.29) is 17.9 Å². The maximum atomic E-state index is 12.5. The van der Waals surface area contributed by atoms with Crippen molar-refractivity contribution in [2.45, 2.75) is 46.3 Å². The Kier molecular flexibility index (Phi) is 4.94. The summed E-state index contributed by atoms with van der Waals surface area (Å²) in [6.07, 6.45) is 0. The molecule has 2 N–H and O–H groups in total. The highest BCUT2D eigenvalue weighted by atomic mass is 16.5. The molecule has 6 heteroatoms. The standard InChI is InChI=1S/C15H19N3O3.C2H6/c1-9-4-5-12-11(6-9)18(13(16)15(2,3)21-12)14(19)17-10-7-20-8-10;1-2/h4-6,10,16H,7-8H2,1-3H3,(H,17,19);1-2H3. The van der Waals surface area contributed by atoms with Gasteiger partial charge >= 0.3 is 6.03 Å². The molecule has 2 aliphatic rings. The lowest BCUT2D eigenvalue weighted by atomic mass is 10.0. The van der Waals surface area contributed by atoms with Crippen LogP contribution in [-0.4, -0.2) is 36.7 Å². The van der Waals surface area contributed by atoms with Crippen LogP contribution in [0.1, 0.15) is 33.3 Å². The van der Waals surface area contributed by atoms with Crippen molar-refractivity contribution < 1.29 is 14.3 Å².